The third-order valence-electron chi connectivity index (χ3n) is 1.55. The van der Waals surface area contributed by atoms with Gasteiger partial charge in [0.05, 0.1) is 10.9 Å². The smallest absolute Gasteiger partial charge is 0.174 e. The fourth-order valence-electron chi connectivity index (χ4n) is 0.942. The van der Waals surface area contributed by atoms with Crippen molar-refractivity contribution < 1.29 is 9.18 Å². The Bertz CT molecular complexity index is 384. The number of nitriles is 1. The van der Waals surface area contributed by atoms with Crippen LogP contribution in [0.4, 0.5) is 4.39 Å². The molecule has 0 radical (unpaired) electrons. The molecule has 1 rings (SSSR count). The number of benzene rings is 1. The monoisotopic (exact) mass is 241 g/mol. The predicted molar refractivity (Wildman–Crippen MR) is 49.2 cm³/mol. The number of halogens is 2. The summed E-state index contributed by atoms with van der Waals surface area (Å²) in [4.78, 5) is 11.2. The molecule has 0 bridgehead atoms. The lowest BCUT2D eigenvalue weighted by atomic mass is 10.1. The highest BCUT2D eigenvalue weighted by atomic mass is 79.9. The molecule has 2 nitrogen and oxygen atoms in total. The van der Waals surface area contributed by atoms with Crippen LogP contribution in [0.2, 0.25) is 0 Å². The van der Waals surface area contributed by atoms with Crippen LogP contribution in [0.15, 0.2) is 18.2 Å². The summed E-state index contributed by atoms with van der Waals surface area (Å²) in [6.45, 7) is 0. The number of Topliss-reactive ketones (excluding diaryl/α,β-unsaturated/α-hetero) is 1. The quantitative estimate of drug-likeness (QED) is 0.589. The Hall–Kier alpha value is -1.21. The van der Waals surface area contributed by atoms with Gasteiger partial charge in [0.25, 0.3) is 0 Å². The van der Waals surface area contributed by atoms with Crippen molar-refractivity contribution >= 4 is 21.7 Å². The van der Waals surface area contributed by atoms with Gasteiger partial charge in [-0.1, -0.05) is 22.0 Å². The van der Waals surface area contributed by atoms with E-state index in [1.54, 1.807) is 6.07 Å². The molecule has 4 heteroatoms. The number of nitrogens with zero attached hydrogens (tertiary/aromatic N) is 1. The second-order valence-corrected chi connectivity index (χ2v) is 2.89. The van der Waals surface area contributed by atoms with Gasteiger partial charge in [-0.05, 0) is 12.1 Å². The minimum Gasteiger partial charge on any atom is -0.293 e. The van der Waals surface area contributed by atoms with Crippen LogP contribution in [0.3, 0.4) is 0 Å². The maximum atomic E-state index is 13.0. The molecule has 0 saturated heterocycles. The maximum absolute atomic E-state index is 13.0. The van der Waals surface area contributed by atoms with Gasteiger partial charge in [-0.15, -0.1) is 0 Å². The van der Waals surface area contributed by atoms with Crippen molar-refractivity contribution in [1.82, 2.24) is 0 Å². The standard InChI is InChI=1S/C9H5BrFNO/c10-4-9(13)6-2-1-3-8(11)7(6)5-12/h1-3H,4H2. The van der Waals surface area contributed by atoms with E-state index in [2.05, 4.69) is 15.9 Å². The molecule has 0 aliphatic carbocycles. The van der Waals surface area contributed by atoms with Crippen molar-refractivity contribution in [2.75, 3.05) is 5.33 Å². The van der Waals surface area contributed by atoms with Crippen molar-refractivity contribution in [1.29, 1.82) is 5.26 Å². The fraction of sp³-hybridized carbons (Fsp3) is 0.111. The highest BCUT2D eigenvalue weighted by Gasteiger charge is 2.12. The molecule has 1 aromatic carbocycles. The SMILES string of the molecule is N#Cc1c(F)cccc1C(=O)CBr. The van der Waals surface area contributed by atoms with Crippen LogP contribution in [0.1, 0.15) is 15.9 Å². The number of carbonyl (C=O) groups excluding carboxylic acids is 1. The second kappa shape index (κ2) is 4.15. The van der Waals surface area contributed by atoms with Crippen molar-refractivity contribution in [3.63, 3.8) is 0 Å². The van der Waals surface area contributed by atoms with E-state index < -0.39 is 5.82 Å². The van der Waals surface area contributed by atoms with Crippen molar-refractivity contribution in [2.45, 2.75) is 0 Å². The summed E-state index contributed by atoms with van der Waals surface area (Å²) in [5, 5.41) is 8.67. The van der Waals surface area contributed by atoms with Crippen molar-refractivity contribution in [3.05, 3.63) is 35.1 Å². The normalized spacial score (nSPS) is 9.31. The molecule has 0 N–H and O–H groups in total. The van der Waals surface area contributed by atoms with Gasteiger partial charge >= 0.3 is 0 Å². The van der Waals surface area contributed by atoms with E-state index >= 15 is 0 Å². The van der Waals surface area contributed by atoms with Gasteiger partial charge in [-0.25, -0.2) is 4.39 Å². The minimum absolute atomic E-state index is 0.0884. The van der Waals surface area contributed by atoms with Crippen molar-refractivity contribution in [2.24, 2.45) is 0 Å². The average Bonchev–Trinajstić information content (AvgIpc) is 2.16. The molecule has 1 aromatic rings. The molecule has 0 aliphatic rings. The molecular weight excluding hydrogens is 237 g/mol. The molecule has 0 amide bonds. The Morgan fingerprint density at radius 3 is 2.85 bits per heavy atom. The Labute approximate surface area is 83.1 Å². The molecule has 0 spiro atoms. The number of carbonyl (C=O) groups is 1. The van der Waals surface area contributed by atoms with E-state index in [1.165, 1.54) is 12.1 Å². The van der Waals surface area contributed by atoms with E-state index in [1.807, 2.05) is 0 Å². The summed E-state index contributed by atoms with van der Waals surface area (Å²) in [6.07, 6.45) is 0. The summed E-state index contributed by atoms with van der Waals surface area (Å²) >= 11 is 2.96. The summed E-state index contributed by atoms with van der Waals surface area (Å²) in [5.41, 5.74) is -0.0636. The molecular formula is C9H5BrFNO. The zero-order valence-electron chi connectivity index (χ0n) is 6.55. The summed E-state index contributed by atoms with van der Waals surface area (Å²) < 4.78 is 13.0. The van der Waals surface area contributed by atoms with Gasteiger partial charge < -0.3 is 0 Å². The molecule has 0 heterocycles. The highest BCUT2D eigenvalue weighted by molar-refractivity contribution is 9.09. The zero-order chi connectivity index (χ0) is 9.84. The first-order chi connectivity index (χ1) is 6.20. The van der Waals surface area contributed by atoms with E-state index in [-0.39, 0.29) is 22.2 Å². The van der Waals surface area contributed by atoms with E-state index in [0.29, 0.717) is 0 Å². The van der Waals surface area contributed by atoms with Gasteiger partial charge in [0.15, 0.2) is 5.78 Å². The fourth-order valence-corrected chi connectivity index (χ4v) is 1.24. The Balaban J connectivity index is 3.30. The molecule has 0 atom stereocenters. The molecule has 13 heavy (non-hydrogen) atoms. The van der Waals surface area contributed by atoms with Crippen LogP contribution < -0.4 is 0 Å². The third-order valence-corrected chi connectivity index (χ3v) is 2.06. The van der Waals surface area contributed by atoms with Crippen LogP contribution in [-0.4, -0.2) is 11.1 Å². The lowest BCUT2D eigenvalue weighted by Crippen LogP contribution is -2.04. The number of ketones is 1. The summed E-state index contributed by atoms with van der Waals surface area (Å²) in [6, 6.07) is 5.66. The summed E-state index contributed by atoms with van der Waals surface area (Å²) in [7, 11) is 0. The first kappa shape index (κ1) is 9.87. The van der Waals surface area contributed by atoms with Crippen LogP contribution >= 0.6 is 15.9 Å². The van der Waals surface area contributed by atoms with E-state index in [9.17, 15) is 9.18 Å². The van der Waals surface area contributed by atoms with Crippen molar-refractivity contribution in [3.8, 4) is 6.07 Å². The van der Waals surface area contributed by atoms with Gasteiger partial charge in [0, 0.05) is 5.56 Å². The first-order valence-electron chi connectivity index (χ1n) is 3.48. The largest absolute Gasteiger partial charge is 0.293 e. The van der Waals surface area contributed by atoms with Crippen LogP contribution in [0.25, 0.3) is 0 Å². The second-order valence-electron chi connectivity index (χ2n) is 2.33. The van der Waals surface area contributed by atoms with Gasteiger partial charge in [-0.2, -0.15) is 5.26 Å². The van der Waals surface area contributed by atoms with Crippen LogP contribution in [0.5, 0.6) is 0 Å². The molecule has 0 saturated carbocycles. The molecule has 0 aliphatic heterocycles. The Morgan fingerprint density at radius 2 is 2.31 bits per heavy atom. The molecule has 0 aromatic heterocycles. The highest BCUT2D eigenvalue weighted by Crippen LogP contribution is 2.13. The van der Waals surface area contributed by atoms with Crippen LogP contribution in [-0.2, 0) is 0 Å². The maximum Gasteiger partial charge on any atom is 0.174 e. The number of hydrogen-bond donors (Lipinski definition) is 0. The number of alkyl halides is 1. The minimum atomic E-state index is -0.658. The zero-order valence-corrected chi connectivity index (χ0v) is 8.14. The number of rotatable bonds is 2. The molecule has 0 unspecified atom stereocenters. The topological polar surface area (TPSA) is 40.9 Å². The summed E-state index contributed by atoms with van der Waals surface area (Å²) in [5.74, 6) is -0.953. The number of hydrogen-bond acceptors (Lipinski definition) is 2. The Morgan fingerprint density at radius 1 is 1.62 bits per heavy atom. The van der Waals surface area contributed by atoms with Gasteiger partial charge in [0.2, 0.25) is 0 Å². The lowest BCUT2D eigenvalue weighted by Gasteiger charge is -2.00. The van der Waals surface area contributed by atoms with Gasteiger partial charge in [0.1, 0.15) is 11.9 Å². The third kappa shape index (κ3) is 1.93. The lowest BCUT2D eigenvalue weighted by molar-refractivity contribution is 0.102. The van der Waals surface area contributed by atoms with Gasteiger partial charge in [-0.3, -0.25) is 4.79 Å². The average molecular weight is 242 g/mol. The molecule has 66 valence electrons. The predicted octanol–water partition coefficient (Wildman–Crippen LogP) is 2.27. The molecule has 0 fully saturated rings. The van der Waals surface area contributed by atoms with E-state index in [4.69, 9.17) is 5.26 Å². The van der Waals surface area contributed by atoms with E-state index in [0.717, 1.165) is 6.07 Å². The Kier molecular flexibility index (Phi) is 3.15. The first-order valence-corrected chi connectivity index (χ1v) is 4.60. The van der Waals surface area contributed by atoms with Crippen LogP contribution in [0, 0.1) is 17.1 Å².